The van der Waals surface area contributed by atoms with Crippen molar-refractivity contribution in [1.82, 2.24) is 14.6 Å². The number of sulfonamides is 1. The molecule has 10 nitrogen and oxygen atoms in total. The summed E-state index contributed by atoms with van der Waals surface area (Å²) in [6, 6.07) is 23.6. The number of rotatable bonds is 12. The lowest BCUT2D eigenvalue weighted by molar-refractivity contribution is -0.139. The molecule has 5 rings (SSSR count). The molecule has 0 bridgehead atoms. The minimum atomic E-state index is -4.01. The molecule has 0 spiro atoms. The maximum absolute atomic E-state index is 13.3. The number of amides is 1. The number of carboxylic acid groups (broad SMARTS) is 1. The molecule has 3 aromatic rings. The van der Waals surface area contributed by atoms with Gasteiger partial charge in [-0.1, -0.05) is 60.7 Å². The molecule has 0 aliphatic carbocycles. The monoisotopic (exact) mass is 590 g/mol. The van der Waals surface area contributed by atoms with Crippen LogP contribution in [0.1, 0.15) is 30.4 Å². The molecule has 0 saturated carbocycles. The van der Waals surface area contributed by atoms with Crippen molar-refractivity contribution in [2.75, 3.05) is 19.6 Å². The molecule has 2 atom stereocenters. The Bertz CT molecular complexity index is 1510. The van der Waals surface area contributed by atoms with E-state index in [1.807, 2.05) is 59.5 Å². The zero-order valence-corrected chi connectivity index (χ0v) is 23.9. The Morgan fingerprint density at radius 2 is 1.62 bits per heavy atom. The van der Waals surface area contributed by atoms with Crippen LogP contribution < -0.4 is 9.46 Å². The standard InChI is InChI=1S/C31H34N4O6S/c36-30(20-23-13-15-24(16-14-23)22-41-25-8-3-1-4-9-25)35-18-7-12-29(35)27-17-19-34(32-27)21-28(31(37)38)33-42(39,40)26-10-5-2-6-11-26/h1-6,8-11,13-16,28-29,33H,7,12,17-22H2,(H,37,38). The number of carbonyl (C=O) groups is 2. The molecule has 42 heavy (non-hydrogen) atoms. The van der Waals surface area contributed by atoms with Gasteiger partial charge in [-0.25, -0.2) is 8.42 Å². The van der Waals surface area contributed by atoms with E-state index in [1.54, 1.807) is 23.2 Å². The highest BCUT2D eigenvalue weighted by Crippen LogP contribution is 2.25. The van der Waals surface area contributed by atoms with Crippen molar-refractivity contribution in [3.05, 3.63) is 96.1 Å². The predicted octanol–water partition coefficient (Wildman–Crippen LogP) is 3.29. The summed E-state index contributed by atoms with van der Waals surface area (Å²) < 4.78 is 33.5. The maximum Gasteiger partial charge on any atom is 0.323 e. The number of hydrazone groups is 1. The number of carbonyl (C=O) groups excluding carboxylic acids is 1. The van der Waals surface area contributed by atoms with Gasteiger partial charge in [-0.15, -0.1) is 0 Å². The lowest BCUT2D eigenvalue weighted by Crippen LogP contribution is -2.47. The quantitative estimate of drug-likeness (QED) is 0.331. The topological polar surface area (TPSA) is 129 Å². The number of aliphatic carboxylic acids is 1. The van der Waals surface area contributed by atoms with Gasteiger partial charge in [-0.3, -0.25) is 14.6 Å². The van der Waals surface area contributed by atoms with Crippen LogP contribution in [-0.4, -0.2) is 72.7 Å². The van der Waals surface area contributed by atoms with E-state index < -0.39 is 22.0 Å². The second-order valence-corrected chi connectivity index (χ2v) is 12.1. The van der Waals surface area contributed by atoms with Crippen LogP contribution in [0.4, 0.5) is 0 Å². The summed E-state index contributed by atoms with van der Waals surface area (Å²) in [5.41, 5.74) is 2.75. The lowest BCUT2D eigenvalue weighted by Gasteiger charge is -2.25. The van der Waals surface area contributed by atoms with Gasteiger partial charge in [0.2, 0.25) is 15.9 Å². The van der Waals surface area contributed by atoms with Gasteiger partial charge < -0.3 is 14.7 Å². The summed E-state index contributed by atoms with van der Waals surface area (Å²) in [6.07, 6.45) is 2.51. The first kappa shape index (κ1) is 29.3. The summed E-state index contributed by atoms with van der Waals surface area (Å²) in [6.45, 7) is 1.42. The molecule has 1 amide bonds. The Balaban J connectivity index is 1.17. The first-order chi connectivity index (χ1) is 20.3. The minimum Gasteiger partial charge on any atom is -0.489 e. The fourth-order valence-corrected chi connectivity index (χ4v) is 6.45. The van der Waals surface area contributed by atoms with E-state index in [4.69, 9.17) is 4.74 Å². The van der Waals surface area contributed by atoms with Crippen LogP contribution in [0.3, 0.4) is 0 Å². The summed E-state index contributed by atoms with van der Waals surface area (Å²) >= 11 is 0. The van der Waals surface area contributed by atoms with Gasteiger partial charge in [0.05, 0.1) is 29.6 Å². The molecule has 1 saturated heterocycles. The number of para-hydroxylation sites is 1. The zero-order chi connectivity index (χ0) is 29.5. The first-order valence-electron chi connectivity index (χ1n) is 14.0. The molecule has 3 aromatic carbocycles. The van der Waals surface area contributed by atoms with E-state index in [0.29, 0.717) is 26.1 Å². The third-order valence-electron chi connectivity index (χ3n) is 7.42. The van der Waals surface area contributed by atoms with Gasteiger partial charge in [0, 0.05) is 19.5 Å². The van der Waals surface area contributed by atoms with Crippen molar-refractivity contribution < 1.29 is 27.9 Å². The fourth-order valence-electron chi connectivity index (χ4n) is 5.25. The van der Waals surface area contributed by atoms with Crippen molar-refractivity contribution in [3.8, 4) is 5.75 Å². The Morgan fingerprint density at radius 3 is 2.31 bits per heavy atom. The highest BCUT2D eigenvalue weighted by atomic mass is 32.2. The van der Waals surface area contributed by atoms with E-state index >= 15 is 0 Å². The molecule has 2 aliphatic heterocycles. The minimum absolute atomic E-state index is 0.00266. The number of carboxylic acids is 1. The molecule has 2 aliphatic rings. The number of hydrogen-bond acceptors (Lipinski definition) is 7. The van der Waals surface area contributed by atoms with Gasteiger partial charge in [-0.05, 0) is 48.2 Å². The highest BCUT2D eigenvalue weighted by molar-refractivity contribution is 7.89. The maximum atomic E-state index is 13.3. The molecular formula is C31H34N4O6S. The van der Waals surface area contributed by atoms with Crippen molar-refractivity contribution in [1.29, 1.82) is 0 Å². The molecule has 11 heteroatoms. The number of nitrogens with one attached hydrogen (secondary N) is 1. The summed E-state index contributed by atoms with van der Waals surface area (Å²) in [5, 5.41) is 15.9. The second kappa shape index (κ2) is 13.2. The van der Waals surface area contributed by atoms with Crippen LogP contribution >= 0.6 is 0 Å². The SMILES string of the molecule is O=C(O)C(CN1CCC(C2CCCN2C(=O)Cc2ccc(COc3ccccc3)cc2)=N1)NS(=O)(=O)c1ccccc1. The first-order valence-corrected chi connectivity index (χ1v) is 15.4. The Labute approximate surface area is 245 Å². The number of benzene rings is 3. The number of ether oxygens (including phenoxy) is 1. The smallest absolute Gasteiger partial charge is 0.323 e. The Hall–Kier alpha value is -4.22. The highest BCUT2D eigenvalue weighted by Gasteiger charge is 2.36. The number of nitrogens with zero attached hydrogens (tertiary/aromatic N) is 3. The second-order valence-electron chi connectivity index (χ2n) is 10.4. The van der Waals surface area contributed by atoms with Gasteiger partial charge >= 0.3 is 5.97 Å². The normalized spacial score (nSPS) is 17.6. The molecular weight excluding hydrogens is 556 g/mol. The predicted molar refractivity (Wildman–Crippen MR) is 157 cm³/mol. The van der Waals surface area contributed by atoms with Gasteiger partial charge in [-0.2, -0.15) is 9.82 Å². The van der Waals surface area contributed by atoms with Crippen LogP contribution in [-0.2, 0) is 32.6 Å². The van der Waals surface area contributed by atoms with E-state index in [9.17, 15) is 23.1 Å². The van der Waals surface area contributed by atoms with Gasteiger partial charge in [0.25, 0.3) is 0 Å². The van der Waals surface area contributed by atoms with Crippen molar-refractivity contribution in [3.63, 3.8) is 0 Å². The Kier molecular flexibility index (Phi) is 9.19. The lowest BCUT2D eigenvalue weighted by atomic mass is 10.1. The van der Waals surface area contributed by atoms with Crippen LogP contribution in [0.25, 0.3) is 0 Å². The van der Waals surface area contributed by atoms with E-state index in [-0.39, 0.29) is 29.8 Å². The largest absolute Gasteiger partial charge is 0.489 e. The summed E-state index contributed by atoms with van der Waals surface area (Å²) in [5.74, 6) is -0.461. The van der Waals surface area contributed by atoms with Crippen molar-refractivity contribution >= 4 is 27.6 Å². The molecule has 220 valence electrons. The van der Waals surface area contributed by atoms with Gasteiger partial charge in [0.15, 0.2) is 0 Å². The van der Waals surface area contributed by atoms with Crippen LogP contribution in [0, 0.1) is 0 Å². The summed E-state index contributed by atoms with van der Waals surface area (Å²) in [4.78, 5) is 27.1. The average Bonchev–Trinajstić information content (AvgIpc) is 3.67. The van der Waals surface area contributed by atoms with Crippen molar-refractivity contribution in [2.24, 2.45) is 5.10 Å². The zero-order valence-electron chi connectivity index (χ0n) is 23.1. The third-order valence-corrected chi connectivity index (χ3v) is 8.91. The van der Waals surface area contributed by atoms with Gasteiger partial charge in [0.1, 0.15) is 18.4 Å². The van der Waals surface area contributed by atoms with E-state index in [1.165, 1.54) is 12.1 Å². The molecule has 2 heterocycles. The van der Waals surface area contributed by atoms with E-state index in [2.05, 4.69) is 9.82 Å². The van der Waals surface area contributed by atoms with Crippen molar-refractivity contribution in [2.45, 2.75) is 49.3 Å². The van der Waals surface area contributed by atoms with E-state index in [0.717, 1.165) is 35.4 Å². The average molecular weight is 591 g/mol. The number of likely N-dealkylation sites (tertiary alicyclic amines) is 1. The molecule has 2 unspecified atom stereocenters. The van der Waals surface area contributed by atoms with Crippen LogP contribution in [0.5, 0.6) is 5.75 Å². The van der Waals surface area contributed by atoms with Crippen LogP contribution in [0.15, 0.2) is 94.9 Å². The number of hydrogen-bond donors (Lipinski definition) is 2. The molecule has 2 N–H and O–H groups in total. The van der Waals surface area contributed by atoms with Crippen LogP contribution in [0.2, 0.25) is 0 Å². The summed E-state index contributed by atoms with van der Waals surface area (Å²) in [7, 11) is -4.01. The fraction of sp³-hybridized carbons (Fsp3) is 0.323. The Morgan fingerprint density at radius 1 is 0.952 bits per heavy atom. The molecule has 1 fully saturated rings. The molecule has 0 aromatic heterocycles. The molecule has 0 radical (unpaired) electrons. The third kappa shape index (κ3) is 7.34.